The van der Waals surface area contributed by atoms with Crippen molar-refractivity contribution in [3.05, 3.63) is 83.6 Å². The zero-order valence-corrected chi connectivity index (χ0v) is 19.0. The van der Waals surface area contributed by atoms with Crippen molar-refractivity contribution in [2.75, 3.05) is 30.0 Å². The molecule has 0 spiro atoms. The number of hydrogen-bond donors (Lipinski definition) is 1. The van der Waals surface area contributed by atoms with Crippen LogP contribution in [0.5, 0.6) is 17.2 Å². The van der Waals surface area contributed by atoms with E-state index in [0.717, 1.165) is 5.56 Å². The Kier molecular flexibility index (Phi) is 5.67. The van der Waals surface area contributed by atoms with E-state index in [1.807, 2.05) is 26.0 Å². The maximum atomic E-state index is 13.6. The molecule has 3 aromatic rings. The zero-order chi connectivity index (χ0) is 23.7. The summed E-state index contributed by atoms with van der Waals surface area (Å²) in [6, 6.07) is 19.8. The molecule has 2 amide bonds. The Bertz CT molecular complexity index is 1280. The quantitative estimate of drug-likeness (QED) is 0.548. The number of amides is 2. The van der Waals surface area contributed by atoms with Gasteiger partial charge in [-0.1, -0.05) is 29.8 Å². The lowest BCUT2D eigenvalue weighted by atomic mass is 10.0. The van der Waals surface area contributed by atoms with Gasteiger partial charge in [0.15, 0.2) is 11.5 Å². The molecule has 1 N–H and O–H groups in total. The molecule has 2 heterocycles. The molecule has 3 aromatic carbocycles. The van der Waals surface area contributed by atoms with Gasteiger partial charge in [0, 0.05) is 11.8 Å². The molecular weight excluding hydrogens is 432 g/mol. The number of anilines is 2. The van der Waals surface area contributed by atoms with E-state index in [1.54, 1.807) is 54.6 Å². The van der Waals surface area contributed by atoms with Gasteiger partial charge in [-0.05, 0) is 55.8 Å². The summed E-state index contributed by atoms with van der Waals surface area (Å²) in [4.78, 5) is 28.3. The van der Waals surface area contributed by atoms with E-state index in [4.69, 9.17) is 14.2 Å². The largest absolute Gasteiger partial charge is 0.494 e. The minimum absolute atomic E-state index is 0.200. The number of carbonyl (C=O) groups is 2. The third kappa shape index (κ3) is 3.96. The first-order valence-electron chi connectivity index (χ1n) is 11.1. The molecule has 2 aliphatic rings. The molecule has 7 nitrogen and oxygen atoms in total. The summed E-state index contributed by atoms with van der Waals surface area (Å²) in [5, 5.41) is 3.17. The second-order valence-electron chi connectivity index (χ2n) is 7.97. The molecule has 34 heavy (non-hydrogen) atoms. The van der Waals surface area contributed by atoms with Crippen LogP contribution in [-0.4, -0.2) is 31.6 Å². The highest BCUT2D eigenvalue weighted by atomic mass is 16.6. The zero-order valence-electron chi connectivity index (χ0n) is 19.0. The number of aryl methyl sites for hydroxylation is 1. The average Bonchev–Trinajstić information content (AvgIpc) is 3.09. The SMILES string of the molecule is CCOc1ccc(C2=C(Nc3ccc4c(c3)OCCO4)C(=O)N(c3ccc(C)cc3)C2=O)cc1. The Morgan fingerprint density at radius 3 is 2.29 bits per heavy atom. The lowest BCUT2D eigenvalue weighted by molar-refractivity contribution is -0.120. The van der Waals surface area contributed by atoms with Crippen molar-refractivity contribution in [3.8, 4) is 17.2 Å². The third-order valence-electron chi connectivity index (χ3n) is 5.64. The van der Waals surface area contributed by atoms with Crippen LogP contribution >= 0.6 is 0 Å². The number of carbonyl (C=O) groups excluding carboxylic acids is 2. The molecule has 0 aromatic heterocycles. The van der Waals surface area contributed by atoms with Crippen LogP contribution in [0.2, 0.25) is 0 Å². The van der Waals surface area contributed by atoms with Crippen molar-refractivity contribution in [3.63, 3.8) is 0 Å². The normalized spacial score (nSPS) is 15.1. The Hall–Kier alpha value is -4.26. The van der Waals surface area contributed by atoms with Crippen LogP contribution in [0.15, 0.2) is 72.4 Å². The van der Waals surface area contributed by atoms with Gasteiger partial charge in [-0.15, -0.1) is 0 Å². The number of rotatable bonds is 6. The van der Waals surface area contributed by atoms with Gasteiger partial charge in [0.1, 0.15) is 24.7 Å². The standard InChI is InChI=1S/C27H24N2O5/c1-3-32-21-11-6-18(7-12-21)24-25(28-19-8-13-22-23(16-19)34-15-14-33-22)27(31)29(26(24)30)20-9-4-17(2)5-10-20/h4-13,16,28H,3,14-15H2,1-2H3. The van der Waals surface area contributed by atoms with E-state index in [-0.39, 0.29) is 5.70 Å². The summed E-state index contributed by atoms with van der Waals surface area (Å²) in [6.07, 6.45) is 0. The Morgan fingerprint density at radius 2 is 1.59 bits per heavy atom. The maximum Gasteiger partial charge on any atom is 0.282 e. The molecule has 0 atom stereocenters. The summed E-state index contributed by atoms with van der Waals surface area (Å²) in [7, 11) is 0. The topological polar surface area (TPSA) is 77.1 Å². The van der Waals surface area contributed by atoms with Gasteiger partial charge in [-0.2, -0.15) is 0 Å². The molecule has 5 rings (SSSR count). The molecule has 0 unspecified atom stereocenters. The summed E-state index contributed by atoms with van der Waals surface area (Å²) >= 11 is 0. The van der Waals surface area contributed by atoms with Gasteiger partial charge in [0.2, 0.25) is 0 Å². The van der Waals surface area contributed by atoms with Crippen molar-refractivity contribution in [2.45, 2.75) is 13.8 Å². The monoisotopic (exact) mass is 456 g/mol. The minimum atomic E-state index is -0.423. The van der Waals surface area contributed by atoms with Crippen molar-refractivity contribution in [1.29, 1.82) is 0 Å². The van der Waals surface area contributed by atoms with Crippen molar-refractivity contribution in [1.82, 2.24) is 0 Å². The average molecular weight is 456 g/mol. The second kappa shape index (κ2) is 8.94. The van der Waals surface area contributed by atoms with Crippen LogP contribution < -0.4 is 24.4 Å². The van der Waals surface area contributed by atoms with E-state index >= 15 is 0 Å². The van der Waals surface area contributed by atoms with Crippen LogP contribution in [0.4, 0.5) is 11.4 Å². The lowest BCUT2D eigenvalue weighted by Gasteiger charge is -2.19. The van der Waals surface area contributed by atoms with Crippen LogP contribution in [0.25, 0.3) is 5.57 Å². The van der Waals surface area contributed by atoms with E-state index in [2.05, 4.69) is 5.32 Å². The van der Waals surface area contributed by atoms with Gasteiger partial charge in [-0.3, -0.25) is 9.59 Å². The second-order valence-corrected chi connectivity index (χ2v) is 7.97. The third-order valence-corrected chi connectivity index (χ3v) is 5.64. The first kappa shape index (κ1) is 21.6. The number of ether oxygens (including phenoxy) is 3. The summed E-state index contributed by atoms with van der Waals surface area (Å²) in [6.45, 7) is 5.35. The Labute approximate surface area is 197 Å². The molecule has 7 heteroatoms. The summed E-state index contributed by atoms with van der Waals surface area (Å²) in [5.41, 5.74) is 3.29. The number of imide groups is 1. The number of benzene rings is 3. The molecular formula is C27H24N2O5. The van der Waals surface area contributed by atoms with E-state index in [9.17, 15) is 9.59 Å². The fourth-order valence-electron chi connectivity index (χ4n) is 3.99. The predicted molar refractivity (Wildman–Crippen MR) is 129 cm³/mol. The molecule has 172 valence electrons. The summed E-state index contributed by atoms with van der Waals surface area (Å²) < 4.78 is 16.8. The van der Waals surface area contributed by atoms with Gasteiger partial charge >= 0.3 is 0 Å². The highest BCUT2D eigenvalue weighted by molar-refractivity contribution is 6.46. The van der Waals surface area contributed by atoms with Gasteiger partial charge in [-0.25, -0.2) is 4.90 Å². The van der Waals surface area contributed by atoms with E-state index in [0.29, 0.717) is 59.6 Å². The maximum absolute atomic E-state index is 13.6. The minimum Gasteiger partial charge on any atom is -0.494 e. The Balaban J connectivity index is 1.56. The van der Waals surface area contributed by atoms with Crippen LogP contribution in [0.3, 0.4) is 0 Å². The molecule has 0 bridgehead atoms. The van der Waals surface area contributed by atoms with Crippen molar-refractivity contribution >= 4 is 28.8 Å². The van der Waals surface area contributed by atoms with Crippen molar-refractivity contribution in [2.24, 2.45) is 0 Å². The molecule has 0 radical (unpaired) electrons. The fraction of sp³-hybridized carbons (Fsp3) is 0.185. The van der Waals surface area contributed by atoms with Gasteiger partial charge < -0.3 is 19.5 Å². The highest BCUT2D eigenvalue weighted by Gasteiger charge is 2.40. The molecule has 0 fully saturated rings. The van der Waals surface area contributed by atoms with Crippen LogP contribution in [0.1, 0.15) is 18.1 Å². The summed E-state index contributed by atoms with van der Waals surface area (Å²) in [5.74, 6) is 1.12. The Morgan fingerprint density at radius 1 is 0.882 bits per heavy atom. The number of nitrogens with one attached hydrogen (secondary N) is 1. The smallest absolute Gasteiger partial charge is 0.282 e. The number of hydrogen-bond acceptors (Lipinski definition) is 6. The predicted octanol–water partition coefficient (Wildman–Crippen LogP) is 4.56. The highest BCUT2D eigenvalue weighted by Crippen LogP contribution is 2.37. The molecule has 0 saturated heterocycles. The van der Waals surface area contributed by atoms with Gasteiger partial charge in [0.05, 0.1) is 17.9 Å². The lowest BCUT2D eigenvalue weighted by Crippen LogP contribution is -2.32. The van der Waals surface area contributed by atoms with E-state index < -0.39 is 11.8 Å². The molecule has 2 aliphatic heterocycles. The van der Waals surface area contributed by atoms with Crippen LogP contribution in [0, 0.1) is 6.92 Å². The van der Waals surface area contributed by atoms with E-state index in [1.165, 1.54) is 4.90 Å². The van der Waals surface area contributed by atoms with Crippen molar-refractivity contribution < 1.29 is 23.8 Å². The number of fused-ring (bicyclic) bond motifs is 1. The molecule has 0 aliphatic carbocycles. The van der Waals surface area contributed by atoms with Crippen LogP contribution in [-0.2, 0) is 9.59 Å². The number of nitrogens with zero attached hydrogens (tertiary/aromatic N) is 1. The van der Waals surface area contributed by atoms with Gasteiger partial charge in [0.25, 0.3) is 11.8 Å². The first-order valence-corrected chi connectivity index (χ1v) is 11.1. The molecule has 0 saturated carbocycles. The first-order chi connectivity index (χ1) is 16.5. The fourth-order valence-corrected chi connectivity index (χ4v) is 3.99.